The second-order valence-electron chi connectivity index (χ2n) is 8.72. The van der Waals surface area contributed by atoms with E-state index in [-0.39, 0.29) is 16.9 Å². The smallest absolute Gasteiger partial charge is 0.300 e. The summed E-state index contributed by atoms with van der Waals surface area (Å²) in [5, 5.41) is 11.3. The molecule has 1 amide bonds. The summed E-state index contributed by atoms with van der Waals surface area (Å²) in [5.41, 5.74) is 4.38. The number of rotatable bonds is 3. The quantitative estimate of drug-likeness (QED) is 0.325. The van der Waals surface area contributed by atoms with Gasteiger partial charge in [-0.2, -0.15) is 0 Å². The molecular formula is C28H24FNO3. The van der Waals surface area contributed by atoms with E-state index in [1.165, 1.54) is 16.5 Å². The fourth-order valence-electron chi connectivity index (χ4n) is 4.83. The van der Waals surface area contributed by atoms with Gasteiger partial charge in [-0.25, -0.2) is 4.39 Å². The Morgan fingerprint density at radius 2 is 1.64 bits per heavy atom. The Hall–Kier alpha value is -3.73. The first-order valence-corrected chi connectivity index (χ1v) is 11.2. The highest BCUT2D eigenvalue weighted by Crippen LogP contribution is 2.43. The van der Waals surface area contributed by atoms with E-state index in [2.05, 4.69) is 0 Å². The summed E-state index contributed by atoms with van der Waals surface area (Å²) in [6, 6.07) is 17.7. The number of hydrogen-bond donors (Lipinski definition) is 1. The molecule has 1 saturated heterocycles. The van der Waals surface area contributed by atoms with Gasteiger partial charge in [0.1, 0.15) is 11.6 Å². The molecule has 0 radical (unpaired) electrons. The lowest BCUT2D eigenvalue weighted by molar-refractivity contribution is -0.132. The Morgan fingerprint density at radius 1 is 0.939 bits per heavy atom. The molecule has 1 N–H and O–H groups in total. The number of fused-ring (bicyclic) bond motifs is 1. The molecule has 1 atom stereocenters. The first-order valence-electron chi connectivity index (χ1n) is 11.2. The van der Waals surface area contributed by atoms with Crippen LogP contribution >= 0.6 is 0 Å². The molecule has 1 heterocycles. The topological polar surface area (TPSA) is 57.6 Å². The van der Waals surface area contributed by atoms with Crippen molar-refractivity contribution < 1.29 is 19.1 Å². The molecule has 166 valence electrons. The van der Waals surface area contributed by atoms with Gasteiger partial charge in [-0.3, -0.25) is 14.5 Å². The summed E-state index contributed by atoms with van der Waals surface area (Å²) in [5.74, 6) is -2.42. The first kappa shape index (κ1) is 21.1. The number of carbonyl (C=O) groups is 2. The number of amides is 1. The van der Waals surface area contributed by atoms with Gasteiger partial charge in [-0.15, -0.1) is 0 Å². The minimum atomic E-state index is -1.06. The number of benzene rings is 3. The van der Waals surface area contributed by atoms with Gasteiger partial charge >= 0.3 is 0 Å². The molecular weight excluding hydrogens is 417 g/mol. The van der Waals surface area contributed by atoms with Crippen molar-refractivity contribution in [1.82, 2.24) is 0 Å². The molecule has 0 bridgehead atoms. The fourth-order valence-corrected chi connectivity index (χ4v) is 4.83. The summed E-state index contributed by atoms with van der Waals surface area (Å²) in [4.78, 5) is 27.7. The minimum Gasteiger partial charge on any atom is -0.507 e. The highest BCUT2D eigenvalue weighted by atomic mass is 19.1. The third-order valence-electron chi connectivity index (χ3n) is 6.58. The van der Waals surface area contributed by atoms with Crippen molar-refractivity contribution >= 4 is 23.1 Å². The average molecular weight is 442 g/mol. The van der Waals surface area contributed by atoms with Crippen LogP contribution in [0.25, 0.3) is 5.76 Å². The maximum atomic E-state index is 15.0. The zero-order valence-electron chi connectivity index (χ0n) is 18.3. The van der Waals surface area contributed by atoms with Crippen molar-refractivity contribution in [2.75, 3.05) is 4.90 Å². The van der Waals surface area contributed by atoms with Crippen molar-refractivity contribution in [2.24, 2.45) is 0 Å². The van der Waals surface area contributed by atoms with E-state index in [0.29, 0.717) is 11.3 Å². The van der Waals surface area contributed by atoms with Gasteiger partial charge in [-0.05, 0) is 68.0 Å². The van der Waals surface area contributed by atoms with Crippen LogP contribution < -0.4 is 4.90 Å². The number of halogens is 1. The molecule has 1 aliphatic heterocycles. The summed E-state index contributed by atoms with van der Waals surface area (Å²) in [6.45, 7) is 1.92. The second kappa shape index (κ2) is 8.32. The number of aliphatic hydroxyl groups excluding tert-OH is 1. The Bertz CT molecular complexity index is 1290. The second-order valence-corrected chi connectivity index (χ2v) is 8.72. The largest absolute Gasteiger partial charge is 0.507 e. The van der Waals surface area contributed by atoms with E-state index in [1.54, 1.807) is 36.4 Å². The van der Waals surface area contributed by atoms with Crippen molar-refractivity contribution in [2.45, 2.75) is 38.6 Å². The molecule has 5 heteroatoms. The molecule has 2 aliphatic rings. The molecule has 0 spiro atoms. The predicted molar refractivity (Wildman–Crippen MR) is 125 cm³/mol. The van der Waals surface area contributed by atoms with Crippen LogP contribution in [0.3, 0.4) is 0 Å². The van der Waals surface area contributed by atoms with E-state index >= 15 is 0 Å². The summed E-state index contributed by atoms with van der Waals surface area (Å²) in [7, 11) is 0. The summed E-state index contributed by atoms with van der Waals surface area (Å²) >= 11 is 0. The van der Waals surface area contributed by atoms with E-state index in [1.807, 2.05) is 31.2 Å². The number of nitrogens with zero attached hydrogens (tertiary/aromatic N) is 1. The van der Waals surface area contributed by atoms with Crippen LogP contribution in [0, 0.1) is 12.7 Å². The standard InChI is InChI=1S/C28H24FNO3/c1-17-10-14-21(15-11-17)30-25(22-8-4-5-9-23(22)29)24(27(32)28(30)33)26(31)20-13-12-18-6-2-3-7-19(18)16-20/h4-5,8-16,25,31H,2-3,6-7H2,1H3/b26-24+. The highest BCUT2D eigenvalue weighted by molar-refractivity contribution is 6.51. The third-order valence-corrected chi connectivity index (χ3v) is 6.58. The van der Waals surface area contributed by atoms with Crippen LogP contribution in [0.1, 0.15) is 46.7 Å². The zero-order chi connectivity index (χ0) is 23.1. The SMILES string of the molecule is Cc1ccc(N2C(=O)C(=O)/C(=C(/O)c3ccc4c(c3)CCCC4)C2c2ccccc2F)cc1. The molecule has 1 unspecified atom stereocenters. The van der Waals surface area contributed by atoms with Crippen molar-refractivity contribution in [3.05, 3.63) is 106 Å². The Balaban J connectivity index is 1.71. The Morgan fingerprint density at radius 3 is 2.36 bits per heavy atom. The van der Waals surface area contributed by atoms with Gasteiger partial charge in [0.2, 0.25) is 0 Å². The number of anilines is 1. The lowest BCUT2D eigenvalue weighted by Gasteiger charge is -2.26. The lowest BCUT2D eigenvalue weighted by Crippen LogP contribution is -2.29. The molecule has 1 aliphatic carbocycles. The Kier molecular flexibility index (Phi) is 5.33. The molecule has 33 heavy (non-hydrogen) atoms. The summed E-state index contributed by atoms with van der Waals surface area (Å²) < 4.78 is 15.0. The van der Waals surface area contributed by atoms with Crippen molar-refractivity contribution in [3.8, 4) is 0 Å². The molecule has 4 nitrogen and oxygen atoms in total. The molecule has 0 aromatic heterocycles. The maximum Gasteiger partial charge on any atom is 0.300 e. The van der Waals surface area contributed by atoms with Gasteiger partial charge in [-0.1, -0.05) is 48.0 Å². The molecule has 0 saturated carbocycles. The van der Waals surface area contributed by atoms with Gasteiger partial charge in [0.15, 0.2) is 0 Å². The van der Waals surface area contributed by atoms with Crippen LogP contribution in [0.5, 0.6) is 0 Å². The first-order chi connectivity index (χ1) is 16.0. The van der Waals surface area contributed by atoms with E-state index < -0.39 is 23.5 Å². The predicted octanol–water partition coefficient (Wildman–Crippen LogP) is 5.64. The minimum absolute atomic E-state index is 0.0959. The molecule has 5 rings (SSSR count). The van der Waals surface area contributed by atoms with E-state index in [4.69, 9.17) is 0 Å². The number of aryl methyl sites for hydroxylation is 3. The average Bonchev–Trinajstić information content (AvgIpc) is 3.09. The van der Waals surface area contributed by atoms with Crippen LogP contribution in [-0.4, -0.2) is 16.8 Å². The van der Waals surface area contributed by atoms with Gasteiger partial charge < -0.3 is 5.11 Å². The van der Waals surface area contributed by atoms with E-state index in [0.717, 1.165) is 36.8 Å². The Labute approximate surface area is 192 Å². The lowest BCUT2D eigenvalue weighted by atomic mass is 9.88. The summed E-state index contributed by atoms with van der Waals surface area (Å²) in [6.07, 6.45) is 4.10. The number of Topliss-reactive ketones (excluding diaryl/α,β-unsaturated/α-hetero) is 1. The fraction of sp³-hybridized carbons (Fsp3) is 0.214. The van der Waals surface area contributed by atoms with Crippen molar-refractivity contribution in [3.63, 3.8) is 0 Å². The van der Waals surface area contributed by atoms with Gasteiger partial charge in [0, 0.05) is 16.8 Å². The number of hydrogen-bond acceptors (Lipinski definition) is 3. The normalized spacial score (nSPS) is 19.6. The molecule has 1 fully saturated rings. The number of carbonyl (C=O) groups excluding carboxylic acids is 2. The maximum absolute atomic E-state index is 15.0. The monoisotopic (exact) mass is 441 g/mol. The number of aliphatic hydroxyl groups is 1. The van der Waals surface area contributed by atoms with Crippen molar-refractivity contribution in [1.29, 1.82) is 0 Å². The third kappa shape index (κ3) is 3.63. The highest BCUT2D eigenvalue weighted by Gasteiger charge is 2.47. The van der Waals surface area contributed by atoms with Gasteiger partial charge in [0.25, 0.3) is 11.7 Å². The zero-order valence-corrected chi connectivity index (χ0v) is 18.3. The van der Waals surface area contributed by atoms with Crippen LogP contribution in [0.15, 0.2) is 72.3 Å². The number of ketones is 1. The van der Waals surface area contributed by atoms with Crippen LogP contribution in [0.2, 0.25) is 0 Å². The van der Waals surface area contributed by atoms with E-state index in [9.17, 15) is 19.1 Å². The molecule has 3 aromatic rings. The van der Waals surface area contributed by atoms with Crippen LogP contribution in [-0.2, 0) is 22.4 Å². The van der Waals surface area contributed by atoms with Crippen LogP contribution in [0.4, 0.5) is 10.1 Å². The molecule has 3 aromatic carbocycles. The van der Waals surface area contributed by atoms with Gasteiger partial charge in [0.05, 0.1) is 11.6 Å².